The summed E-state index contributed by atoms with van der Waals surface area (Å²) in [4.78, 5) is 16.6. The van der Waals surface area contributed by atoms with Gasteiger partial charge in [-0.1, -0.05) is 12.1 Å². The molecule has 128 valence electrons. The fourth-order valence-electron chi connectivity index (χ4n) is 3.49. The molecule has 1 aromatic carbocycles. The van der Waals surface area contributed by atoms with Gasteiger partial charge < -0.3 is 9.80 Å². The third-order valence-corrected chi connectivity index (χ3v) is 7.42. The number of aromatic nitrogens is 1. The molecule has 2 aliphatic heterocycles. The zero-order valence-electron chi connectivity index (χ0n) is 13.2. The van der Waals surface area contributed by atoms with Crippen molar-refractivity contribution in [1.82, 2.24) is 9.27 Å². The second-order valence-electron chi connectivity index (χ2n) is 6.41. The van der Waals surface area contributed by atoms with Gasteiger partial charge in [0.15, 0.2) is 9.84 Å². The Hall–Kier alpha value is -1.67. The van der Waals surface area contributed by atoms with Crippen LogP contribution in [0.25, 0.3) is 10.1 Å². The van der Waals surface area contributed by atoms with Crippen molar-refractivity contribution < 1.29 is 13.2 Å². The van der Waals surface area contributed by atoms with Gasteiger partial charge in [0.05, 0.1) is 22.1 Å². The Balaban J connectivity index is 1.43. The SMILES string of the molecule is O=C([C@@H]1CCS(=O)(=O)C1)N1CCN(c2nsc3ccccc23)CC1. The van der Waals surface area contributed by atoms with Crippen LogP contribution in [0.15, 0.2) is 24.3 Å². The summed E-state index contributed by atoms with van der Waals surface area (Å²) in [6.45, 7) is 2.72. The summed E-state index contributed by atoms with van der Waals surface area (Å²) in [5.41, 5.74) is 0. The molecule has 1 amide bonds. The van der Waals surface area contributed by atoms with E-state index in [9.17, 15) is 13.2 Å². The van der Waals surface area contributed by atoms with Crippen molar-refractivity contribution in [2.24, 2.45) is 5.92 Å². The minimum Gasteiger partial charge on any atom is -0.352 e. The van der Waals surface area contributed by atoms with E-state index in [4.69, 9.17) is 0 Å². The maximum atomic E-state index is 12.5. The van der Waals surface area contributed by atoms with Crippen LogP contribution in [0, 0.1) is 5.92 Å². The summed E-state index contributed by atoms with van der Waals surface area (Å²) in [5, 5.41) is 1.16. The fraction of sp³-hybridized carbons (Fsp3) is 0.500. The Bertz CT molecular complexity index is 870. The van der Waals surface area contributed by atoms with Crippen LogP contribution in [0.1, 0.15) is 6.42 Å². The number of nitrogens with zero attached hydrogens (tertiary/aromatic N) is 3. The molecule has 1 aromatic heterocycles. The first-order chi connectivity index (χ1) is 11.5. The second-order valence-corrected chi connectivity index (χ2v) is 9.45. The Morgan fingerprint density at radius 3 is 2.62 bits per heavy atom. The van der Waals surface area contributed by atoms with Gasteiger partial charge in [0.2, 0.25) is 5.91 Å². The number of carbonyl (C=O) groups excluding carboxylic acids is 1. The highest BCUT2D eigenvalue weighted by atomic mass is 32.2. The van der Waals surface area contributed by atoms with E-state index < -0.39 is 9.84 Å². The summed E-state index contributed by atoms with van der Waals surface area (Å²) in [6, 6.07) is 8.17. The van der Waals surface area contributed by atoms with Gasteiger partial charge in [-0.25, -0.2) is 8.42 Å². The highest BCUT2D eigenvalue weighted by Gasteiger charge is 2.36. The van der Waals surface area contributed by atoms with E-state index in [1.165, 1.54) is 16.2 Å². The molecule has 4 rings (SSSR count). The van der Waals surface area contributed by atoms with Crippen molar-refractivity contribution in [2.45, 2.75) is 6.42 Å². The van der Waals surface area contributed by atoms with Gasteiger partial charge in [-0.05, 0) is 30.1 Å². The Labute approximate surface area is 145 Å². The van der Waals surface area contributed by atoms with Crippen LogP contribution in [-0.4, -0.2) is 61.3 Å². The van der Waals surface area contributed by atoms with Crippen LogP contribution < -0.4 is 4.90 Å². The molecule has 2 aromatic rings. The lowest BCUT2D eigenvalue weighted by Gasteiger charge is -2.36. The number of rotatable bonds is 2. The number of piperazine rings is 1. The molecule has 8 heteroatoms. The third kappa shape index (κ3) is 2.88. The quantitative estimate of drug-likeness (QED) is 0.804. The first kappa shape index (κ1) is 15.8. The number of hydrogen-bond acceptors (Lipinski definition) is 6. The molecule has 2 fully saturated rings. The predicted molar refractivity (Wildman–Crippen MR) is 95.2 cm³/mol. The number of fused-ring (bicyclic) bond motifs is 1. The molecule has 2 saturated heterocycles. The Morgan fingerprint density at radius 1 is 1.17 bits per heavy atom. The van der Waals surface area contributed by atoms with Crippen molar-refractivity contribution >= 4 is 43.2 Å². The molecule has 1 atom stereocenters. The van der Waals surface area contributed by atoms with Crippen LogP contribution in [-0.2, 0) is 14.6 Å². The maximum absolute atomic E-state index is 12.5. The lowest BCUT2D eigenvalue weighted by Crippen LogP contribution is -2.50. The molecule has 24 heavy (non-hydrogen) atoms. The van der Waals surface area contributed by atoms with Gasteiger partial charge >= 0.3 is 0 Å². The molecule has 0 saturated carbocycles. The Morgan fingerprint density at radius 2 is 1.92 bits per heavy atom. The van der Waals surface area contributed by atoms with E-state index >= 15 is 0 Å². The number of amides is 1. The minimum absolute atomic E-state index is 0.00105. The standard InChI is InChI=1S/C16H19N3O3S2/c20-16(12-5-10-24(21,22)11-12)19-8-6-18(7-9-19)15-13-3-1-2-4-14(13)23-17-15/h1-4,12H,5-11H2/t12-/m1/s1. The second kappa shape index (κ2) is 6.00. The first-order valence-electron chi connectivity index (χ1n) is 8.12. The zero-order valence-corrected chi connectivity index (χ0v) is 14.9. The van der Waals surface area contributed by atoms with Crippen molar-refractivity contribution in [2.75, 3.05) is 42.6 Å². The number of hydrogen-bond donors (Lipinski definition) is 0. The summed E-state index contributed by atoms with van der Waals surface area (Å²) >= 11 is 1.50. The lowest BCUT2D eigenvalue weighted by molar-refractivity contribution is -0.135. The first-order valence-corrected chi connectivity index (χ1v) is 10.7. The fourth-order valence-corrected chi connectivity index (χ4v) is 6.02. The molecule has 0 N–H and O–H groups in total. The average Bonchev–Trinajstić information content (AvgIpc) is 3.17. The topological polar surface area (TPSA) is 70.6 Å². The van der Waals surface area contributed by atoms with E-state index in [1.54, 1.807) is 0 Å². The van der Waals surface area contributed by atoms with Crippen LogP contribution in [0.3, 0.4) is 0 Å². The number of benzene rings is 1. The summed E-state index contributed by atoms with van der Waals surface area (Å²) in [7, 11) is -3.02. The highest BCUT2D eigenvalue weighted by molar-refractivity contribution is 7.91. The number of sulfone groups is 1. The van der Waals surface area contributed by atoms with E-state index in [1.807, 2.05) is 17.0 Å². The van der Waals surface area contributed by atoms with Crippen LogP contribution in [0.2, 0.25) is 0 Å². The van der Waals surface area contributed by atoms with Crippen LogP contribution in [0.5, 0.6) is 0 Å². The third-order valence-electron chi connectivity index (χ3n) is 4.83. The van der Waals surface area contributed by atoms with Gasteiger partial charge in [-0.3, -0.25) is 4.79 Å². The van der Waals surface area contributed by atoms with Crippen molar-refractivity contribution in [1.29, 1.82) is 0 Å². The van der Waals surface area contributed by atoms with Crippen LogP contribution >= 0.6 is 11.5 Å². The minimum atomic E-state index is -3.02. The number of carbonyl (C=O) groups is 1. The molecule has 0 radical (unpaired) electrons. The summed E-state index contributed by atoms with van der Waals surface area (Å²) in [5.74, 6) is 0.809. The van der Waals surface area contributed by atoms with Gasteiger partial charge in [-0.15, -0.1) is 0 Å². The normalized spacial score (nSPS) is 23.8. The van der Waals surface area contributed by atoms with Gasteiger partial charge in [0, 0.05) is 31.6 Å². The molecule has 3 heterocycles. The van der Waals surface area contributed by atoms with Gasteiger partial charge in [0.25, 0.3) is 0 Å². The maximum Gasteiger partial charge on any atom is 0.226 e. The van der Waals surface area contributed by atoms with E-state index in [0.717, 1.165) is 24.3 Å². The average molecular weight is 365 g/mol. The molecule has 0 spiro atoms. The largest absolute Gasteiger partial charge is 0.352 e. The van der Waals surface area contributed by atoms with Crippen molar-refractivity contribution in [3.8, 4) is 0 Å². The molecular formula is C16H19N3O3S2. The van der Waals surface area contributed by atoms with E-state index in [-0.39, 0.29) is 23.3 Å². The van der Waals surface area contributed by atoms with Crippen molar-refractivity contribution in [3.63, 3.8) is 0 Å². The van der Waals surface area contributed by atoms with Crippen molar-refractivity contribution in [3.05, 3.63) is 24.3 Å². The van der Waals surface area contributed by atoms with Crippen LogP contribution in [0.4, 0.5) is 5.82 Å². The molecule has 0 aliphatic carbocycles. The Kier molecular flexibility index (Phi) is 3.96. The molecule has 2 aliphatic rings. The summed E-state index contributed by atoms with van der Waals surface area (Å²) < 4.78 is 28.9. The monoisotopic (exact) mass is 365 g/mol. The van der Waals surface area contributed by atoms with Gasteiger partial charge in [-0.2, -0.15) is 4.37 Å². The van der Waals surface area contributed by atoms with E-state index in [0.29, 0.717) is 19.5 Å². The zero-order chi connectivity index (χ0) is 16.7. The molecule has 0 unspecified atom stereocenters. The highest BCUT2D eigenvalue weighted by Crippen LogP contribution is 2.30. The van der Waals surface area contributed by atoms with E-state index in [2.05, 4.69) is 21.4 Å². The summed E-state index contributed by atoms with van der Waals surface area (Å²) in [6.07, 6.45) is 0.470. The molecule has 0 bridgehead atoms. The van der Waals surface area contributed by atoms with Gasteiger partial charge in [0.1, 0.15) is 5.82 Å². The predicted octanol–water partition coefficient (Wildman–Crippen LogP) is 1.38. The molecule has 6 nitrogen and oxygen atoms in total. The molecular weight excluding hydrogens is 346 g/mol. The lowest BCUT2D eigenvalue weighted by atomic mass is 10.1. The smallest absolute Gasteiger partial charge is 0.226 e. The number of anilines is 1.